The highest BCUT2D eigenvalue weighted by molar-refractivity contribution is 8.01. The second-order valence-corrected chi connectivity index (χ2v) is 5.64. The Labute approximate surface area is 121 Å². The number of thioether (sulfide) groups is 1. The van der Waals surface area contributed by atoms with Gasteiger partial charge >= 0.3 is 0 Å². The second-order valence-electron chi connectivity index (χ2n) is 4.45. The SMILES string of the molecule is CCCNC(=O)CCN1C(=O)CC(SCC(N)=O)C1=O. The van der Waals surface area contributed by atoms with Crippen molar-refractivity contribution in [1.82, 2.24) is 10.2 Å². The molecule has 1 atom stereocenters. The van der Waals surface area contributed by atoms with Crippen LogP contribution in [-0.2, 0) is 19.2 Å². The van der Waals surface area contributed by atoms with Crippen molar-refractivity contribution in [2.45, 2.75) is 31.4 Å². The summed E-state index contributed by atoms with van der Waals surface area (Å²) < 4.78 is 0. The molecular weight excluding hydrogens is 282 g/mol. The van der Waals surface area contributed by atoms with Crippen molar-refractivity contribution >= 4 is 35.4 Å². The number of hydrogen-bond donors (Lipinski definition) is 2. The Morgan fingerprint density at radius 2 is 2.15 bits per heavy atom. The van der Waals surface area contributed by atoms with Gasteiger partial charge < -0.3 is 11.1 Å². The van der Waals surface area contributed by atoms with Crippen LogP contribution in [0.3, 0.4) is 0 Å². The average Bonchev–Trinajstić information content (AvgIpc) is 2.66. The molecule has 0 bridgehead atoms. The van der Waals surface area contributed by atoms with Gasteiger partial charge in [0.15, 0.2) is 0 Å². The Hall–Kier alpha value is -1.57. The van der Waals surface area contributed by atoms with Crippen LogP contribution in [0.25, 0.3) is 0 Å². The third kappa shape index (κ3) is 4.84. The minimum atomic E-state index is -0.561. The predicted octanol–water partition coefficient (Wildman–Crippen LogP) is -0.751. The molecule has 0 aliphatic carbocycles. The van der Waals surface area contributed by atoms with Crippen molar-refractivity contribution in [3.8, 4) is 0 Å². The minimum absolute atomic E-state index is 0.00845. The number of rotatable bonds is 8. The highest BCUT2D eigenvalue weighted by Gasteiger charge is 2.38. The Morgan fingerprint density at radius 1 is 1.45 bits per heavy atom. The summed E-state index contributed by atoms with van der Waals surface area (Å²) in [6, 6.07) is 0. The molecule has 20 heavy (non-hydrogen) atoms. The van der Waals surface area contributed by atoms with Crippen molar-refractivity contribution in [3.05, 3.63) is 0 Å². The molecule has 7 nitrogen and oxygen atoms in total. The van der Waals surface area contributed by atoms with Crippen LogP contribution in [0.5, 0.6) is 0 Å². The molecule has 1 aliphatic rings. The van der Waals surface area contributed by atoms with E-state index in [2.05, 4.69) is 5.32 Å². The molecule has 4 amide bonds. The highest BCUT2D eigenvalue weighted by Crippen LogP contribution is 2.24. The topological polar surface area (TPSA) is 110 Å². The number of carbonyl (C=O) groups excluding carboxylic acids is 4. The molecule has 112 valence electrons. The van der Waals surface area contributed by atoms with Gasteiger partial charge in [-0.3, -0.25) is 24.1 Å². The summed E-state index contributed by atoms with van der Waals surface area (Å²) in [5.41, 5.74) is 5.01. The van der Waals surface area contributed by atoms with Gasteiger partial charge in [0.1, 0.15) is 0 Å². The Bertz CT molecular complexity index is 414. The standard InChI is InChI=1S/C12H19N3O4S/c1-2-4-14-10(17)3-5-15-11(18)6-8(12(15)19)20-7-9(13)16/h8H,2-7H2,1H3,(H2,13,16)(H,14,17). The van der Waals surface area contributed by atoms with Gasteiger partial charge in [0.05, 0.1) is 11.0 Å². The molecule has 1 saturated heterocycles. The van der Waals surface area contributed by atoms with E-state index < -0.39 is 11.2 Å². The number of nitrogens with zero attached hydrogens (tertiary/aromatic N) is 1. The minimum Gasteiger partial charge on any atom is -0.369 e. The first-order chi connectivity index (χ1) is 9.45. The average molecular weight is 301 g/mol. The van der Waals surface area contributed by atoms with Crippen molar-refractivity contribution in [1.29, 1.82) is 0 Å². The number of primary amides is 1. The van der Waals surface area contributed by atoms with Gasteiger partial charge in [-0.2, -0.15) is 0 Å². The van der Waals surface area contributed by atoms with Gasteiger partial charge in [0.2, 0.25) is 23.6 Å². The number of carbonyl (C=O) groups is 4. The number of amides is 4. The first-order valence-corrected chi connectivity index (χ1v) is 7.51. The third-order valence-corrected chi connectivity index (χ3v) is 3.99. The molecule has 1 rings (SSSR count). The first kappa shape index (κ1) is 16.5. The summed E-state index contributed by atoms with van der Waals surface area (Å²) in [7, 11) is 0. The molecule has 0 radical (unpaired) electrons. The summed E-state index contributed by atoms with van der Waals surface area (Å²) in [4.78, 5) is 46.9. The zero-order valence-corrected chi connectivity index (χ0v) is 12.2. The molecule has 3 N–H and O–H groups in total. The maximum Gasteiger partial charge on any atom is 0.242 e. The molecule has 0 saturated carbocycles. The zero-order valence-electron chi connectivity index (χ0n) is 11.4. The fourth-order valence-corrected chi connectivity index (χ4v) is 2.66. The summed E-state index contributed by atoms with van der Waals surface area (Å²) in [6.45, 7) is 2.60. The fourth-order valence-electron chi connectivity index (χ4n) is 1.77. The van der Waals surface area contributed by atoms with E-state index in [1.807, 2.05) is 6.92 Å². The van der Waals surface area contributed by atoms with E-state index in [1.54, 1.807) is 0 Å². The van der Waals surface area contributed by atoms with E-state index in [1.165, 1.54) is 0 Å². The van der Waals surface area contributed by atoms with E-state index in [-0.39, 0.29) is 42.9 Å². The van der Waals surface area contributed by atoms with Crippen molar-refractivity contribution in [3.63, 3.8) is 0 Å². The van der Waals surface area contributed by atoms with Crippen LogP contribution in [0.2, 0.25) is 0 Å². The number of nitrogens with one attached hydrogen (secondary N) is 1. The van der Waals surface area contributed by atoms with E-state index >= 15 is 0 Å². The maximum absolute atomic E-state index is 12.0. The van der Waals surface area contributed by atoms with Gasteiger partial charge in [-0.1, -0.05) is 6.92 Å². The third-order valence-electron chi connectivity index (χ3n) is 2.76. The molecule has 0 aromatic heterocycles. The van der Waals surface area contributed by atoms with Crippen molar-refractivity contribution in [2.24, 2.45) is 5.73 Å². The smallest absolute Gasteiger partial charge is 0.242 e. The Morgan fingerprint density at radius 3 is 2.75 bits per heavy atom. The Balaban J connectivity index is 2.42. The lowest BCUT2D eigenvalue weighted by Gasteiger charge is -2.14. The maximum atomic E-state index is 12.0. The first-order valence-electron chi connectivity index (χ1n) is 6.46. The van der Waals surface area contributed by atoms with Crippen LogP contribution >= 0.6 is 11.8 Å². The summed E-state index contributed by atoms with van der Waals surface area (Å²) in [6.07, 6.45) is 0.997. The molecule has 0 aromatic rings. The number of hydrogen-bond acceptors (Lipinski definition) is 5. The number of imide groups is 1. The molecule has 1 aliphatic heterocycles. The molecular formula is C12H19N3O4S. The van der Waals surface area contributed by atoms with Crippen LogP contribution in [0, 0.1) is 0 Å². The monoisotopic (exact) mass is 301 g/mol. The summed E-state index contributed by atoms with van der Waals surface area (Å²) in [5.74, 6) is -1.34. The van der Waals surface area contributed by atoms with Crippen LogP contribution < -0.4 is 11.1 Å². The van der Waals surface area contributed by atoms with Crippen LogP contribution in [0.15, 0.2) is 0 Å². The molecule has 0 spiro atoms. The second kappa shape index (κ2) is 7.88. The lowest BCUT2D eigenvalue weighted by molar-refractivity contribution is -0.138. The van der Waals surface area contributed by atoms with Crippen LogP contribution in [-0.4, -0.2) is 52.6 Å². The molecule has 1 fully saturated rings. The number of likely N-dealkylation sites (tertiary alicyclic amines) is 1. The van der Waals surface area contributed by atoms with Crippen LogP contribution in [0.1, 0.15) is 26.2 Å². The Kier molecular flexibility index (Phi) is 6.50. The van der Waals surface area contributed by atoms with Gasteiger partial charge in [-0.15, -0.1) is 11.8 Å². The van der Waals surface area contributed by atoms with Gasteiger partial charge in [-0.05, 0) is 6.42 Å². The molecule has 0 aromatic carbocycles. The van der Waals surface area contributed by atoms with Gasteiger partial charge in [-0.25, -0.2) is 0 Å². The van der Waals surface area contributed by atoms with Crippen molar-refractivity contribution < 1.29 is 19.2 Å². The number of nitrogens with two attached hydrogens (primary N) is 1. The van der Waals surface area contributed by atoms with E-state index in [0.717, 1.165) is 23.1 Å². The van der Waals surface area contributed by atoms with Gasteiger partial charge in [0.25, 0.3) is 0 Å². The van der Waals surface area contributed by atoms with Crippen molar-refractivity contribution in [2.75, 3.05) is 18.8 Å². The molecule has 1 unspecified atom stereocenters. The van der Waals surface area contributed by atoms with E-state index in [0.29, 0.717) is 6.54 Å². The summed E-state index contributed by atoms with van der Waals surface area (Å²) in [5, 5.41) is 2.12. The summed E-state index contributed by atoms with van der Waals surface area (Å²) >= 11 is 1.07. The molecule has 1 heterocycles. The van der Waals surface area contributed by atoms with Gasteiger partial charge in [0, 0.05) is 25.9 Å². The normalized spacial score (nSPS) is 18.4. The van der Waals surface area contributed by atoms with E-state index in [4.69, 9.17) is 5.73 Å². The van der Waals surface area contributed by atoms with E-state index in [9.17, 15) is 19.2 Å². The highest BCUT2D eigenvalue weighted by atomic mass is 32.2. The largest absolute Gasteiger partial charge is 0.369 e. The quantitative estimate of drug-likeness (QED) is 0.573. The zero-order chi connectivity index (χ0) is 15.1. The lowest BCUT2D eigenvalue weighted by Crippen LogP contribution is -2.35. The lowest BCUT2D eigenvalue weighted by atomic mass is 10.3. The molecule has 8 heteroatoms. The van der Waals surface area contributed by atoms with Crippen LogP contribution in [0.4, 0.5) is 0 Å². The fraction of sp³-hybridized carbons (Fsp3) is 0.667. The predicted molar refractivity (Wildman–Crippen MR) is 74.7 cm³/mol.